The second-order valence-corrected chi connectivity index (χ2v) is 7.42. The number of amides is 1. The van der Waals surface area contributed by atoms with Crippen LogP contribution in [0.3, 0.4) is 0 Å². The Morgan fingerprint density at radius 1 is 1.30 bits per heavy atom. The van der Waals surface area contributed by atoms with Crippen molar-refractivity contribution in [2.24, 2.45) is 0 Å². The lowest BCUT2D eigenvalue weighted by Crippen LogP contribution is -2.26. The molecule has 1 fully saturated rings. The van der Waals surface area contributed by atoms with Crippen LogP contribution in [0.2, 0.25) is 0 Å². The van der Waals surface area contributed by atoms with Gasteiger partial charge in [-0.3, -0.25) is 10.1 Å². The van der Waals surface area contributed by atoms with Crippen LogP contribution in [0.25, 0.3) is 11.5 Å². The summed E-state index contributed by atoms with van der Waals surface area (Å²) in [6.45, 7) is 3.90. The topological polar surface area (TPSA) is 80.1 Å². The number of hydrogen-bond acceptors (Lipinski definition) is 6. The van der Waals surface area contributed by atoms with E-state index in [-0.39, 0.29) is 18.3 Å². The number of thiazole rings is 1. The summed E-state index contributed by atoms with van der Waals surface area (Å²) >= 11 is 1.56. The Labute approximate surface area is 167 Å². The van der Waals surface area contributed by atoms with Gasteiger partial charge in [0.05, 0.1) is 17.5 Å². The molecule has 1 aliphatic heterocycles. The molecule has 4 rings (SSSR count). The highest BCUT2D eigenvalue weighted by molar-refractivity contribution is 7.15. The number of nitrogens with zero attached hydrogens (tertiary/aromatic N) is 2. The van der Waals surface area contributed by atoms with Crippen LogP contribution in [-0.4, -0.2) is 29.0 Å². The summed E-state index contributed by atoms with van der Waals surface area (Å²) < 4.78 is 5.36. The number of aromatic nitrogens is 2. The van der Waals surface area contributed by atoms with Crippen molar-refractivity contribution in [1.82, 2.24) is 15.3 Å². The number of nitrogens with one attached hydrogen (secondary N) is 2. The molecule has 27 heavy (non-hydrogen) atoms. The molecule has 6 nitrogen and oxygen atoms in total. The quantitative estimate of drug-likeness (QED) is 0.679. The smallest absolute Gasteiger partial charge is 0.259 e. The largest absolute Gasteiger partial charge is 0.463 e. The average molecular weight is 405 g/mol. The molecule has 3 aromatic heterocycles. The lowest BCUT2D eigenvalue weighted by Gasteiger charge is -2.20. The van der Waals surface area contributed by atoms with Crippen molar-refractivity contribution in [2.75, 3.05) is 18.4 Å². The van der Waals surface area contributed by atoms with Crippen molar-refractivity contribution in [3.63, 3.8) is 0 Å². The number of anilines is 1. The van der Waals surface area contributed by atoms with Crippen LogP contribution < -0.4 is 10.6 Å². The molecule has 0 aromatic carbocycles. The van der Waals surface area contributed by atoms with Crippen LogP contribution in [0.15, 0.2) is 41.1 Å². The minimum atomic E-state index is -0.188. The molecule has 0 spiro atoms. The number of rotatable bonds is 4. The maximum absolute atomic E-state index is 12.6. The molecule has 142 valence electrons. The van der Waals surface area contributed by atoms with E-state index in [0.29, 0.717) is 33.8 Å². The van der Waals surface area contributed by atoms with Crippen LogP contribution in [0.1, 0.15) is 39.7 Å². The predicted octanol–water partition coefficient (Wildman–Crippen LogP) is 4.25. The zero-order valence-corrected chi connectivity index (χ0v) is 16.5. The molecule has 0 atom stereocenters. The van der Waals surface area contributed by atoms with E-state index < -0.39 is 0 Å². The molecule has 0 bridgehead atoms. The van der Waals surface area contributed by atoms with E-state index in [1.165, 1.54) is 4.88 Å². The molecule has 0 aliphatic carbocycles. The lowest BCUT2D eigenvalue weighted by molar-refractivity contribution is 0.102. The molecule has 1 aliphatic rings. The summed E-state index contributed by atoms with van der Waals surface area (Å²) in [7, 11) is 0. The van der Waals surface area contributed by atoms with Gasteiger partial charge in [-0.15, -0.1) is 23.7 Å². The summed E-state index contributed by atoms with van der Waals surface area (Å²) in [5.74, 6) is 1.04. The average Bonchev–Trinajstić information content (AvgIpc) is 3.34. The van der Waals surface area contributed by atoms with Crippen LogP contribution >= 0.6 is 23.7 Å². The van der Waals surface area contributed by atoms with Crippen molar-refractivity contribution in [3.05, 3.63) is 52.9 Å². The Morgan fingerprint density at radius 3 is 2.81 bits per heavy atom. The standard InChI is InChI=1S/C19H20N4O2S.ClH/c1-12-14(4-5-15(22-12)16-3-2-10-25-16)18(24)23-19-21-11-17(26-19)13-6-8-20-9-7-13;/h2-5,10-11,13,20H,6-9H2,1H3,(H,21,23,24);1H. The fraction of sp³-hybridized carbons (Fsp3) is 0.316. The van der Waals surface area contributed by atoms with Gasteiger partial charge in [0.2, 0.25) is 0 Å². The van der Waals surface area contributed by atoms with Gasteiger partial charge in [-0.05, 0) is 63.0 Å². The number of halogens is 1. The molecule has 0 saturated carbocycles. The van der Waals surface area contributed by atoms with Gasteiger partial charge in [-0.25, -0.2) is 9.97 Å². The molecule has 4 heterocycles. The number of hydrogen-bond donors (Lipinski definition) is 2. The Kier molecular flexibility index (Phi) is 6.26. The fourth-order valence-corrected chi connectivity index (χ4v) is 4.15. The van der Waals surface area contributed by atoms with Gasteiger partial charge >= 0.3 is 0 Å². The predicted molar refractivity (Wildman–Crippen MR) is 109 cm³/mol. The highest BCUT2D eigenvalue weighted by Crippen LogP contribution is 2.32. The van der Waals surface area contributed by atoms with E-state index in [9.17, 15) is 4.79 Å². The van der Waals surface area contributed by atoms with E-state index in [1.54, 1.807) is 29.7 Å². The first-order valence-corrected chi connectivity index (χ1v) is 9.51. The SMILES string of the molecule is Cc1nc(-c2ccco2)ccc1C(=O)Nc1ncc(C2CCNCC2)s1.Cl. The molecule has 1 amide bonds. The third kappa shape index (κ3) is 4.37. The summed E-state index contributed by atoms with van der Waals surface area (Å²) in [5, 5.41) is 6.91. The lowest BCUT2D eigenvalue weighted by atomic mass is 9.97. The number of aryl methyl sites for hydroxylation is 1. The van der Waals surface area contributed by atoms with Crippen molar-refractivity contribution >= 4 is 34.8 Å². The van der Waals surface area contributed by atoms with Crippen LogP contribution in [0.5, 0.6) is 0 Å². The molecule has 3 aromatic rings. The summed E-state index contributed by atoms with van der Waals surface area (Å²) in [4.78, 5) is 22.7. The Bertz CT molecular complexity index is 904. The minimum absolute atomic E-state index is 0. The minimum Gasteiger partial charge on any atom is -0.463 e. The molecule has 0 radical (unpaired) electrons. The van der Waals surface area contributed by atoms with Gasteiger partial charge in [0.1, 0.15) is 5.69 Å². The molecule has 1 saturated heterocycles. The maximum atomic E-state index is 12.6. The monoisotopic (exact) mass is 404 g/mol. The Morgan fingerprint density at radius 2 is 2.11 bits per heavy atom. The van der Waals surface area contributed by atoms with Crippen LogP contribution in [-0.2, 0) is 0 Å². The first-order chi connectivity index (χ1) is 12.7. The Hall–Kier alpha value is -2.22. The van der Waals surface area contributed by atoms with Crippen LogP contribution in [0, 0.1) is 6.92 Å². The summed E-state index contributed by atoms with van der Waals surface area (Å²) in [5.41, 5.74) is 1.91. The number of carbonyl (C=O) groups is 1. The number of pyridine rings is 1. The van der Waals surface area contributed by atoms with Crippen molar-refractivity contribution in [2.45, 2.75) is 25.7 Å². The first-order valence-electron chi connectivity index (χ1n) is 8.70. The van der Waals surface area contributed by atoms with E-state index in [1.807, 2.05) is 25.3 Å². The second kappa shape index (κ2) is 8.65. The van der Waals surface area contributed by atoms with Gasteiger partial charge in [0.25, 0.3) is 5.91 Å². The molecular weight excluding hydrogens is 384 g/mol. The van der Waals surface area contributed by atoms with Gasteiger partial charge in [-0.1, -0.05) is 0 Å². The summed E-state index contributed by atoms with van der Waals surface area (Å²) in [6.07, 6.45) is 5.73. The van der Waals surface area contributed by atoms with Gasteiger partial charge < -0.3 is 9.73 Å². The third-order valence-electron chi connectivity index (χ3n) is 4.59. The zero-order chi connectivity index (χ0) is 17.9. The first kappa shape index (κ1) is 19.5. The van der Waals surface area contributed by atoms with E-state index >= 15 is 0 Å². The number of piperidine rings is 1. The normalized spacial score (nSPS) is 14.6. The maximum Gasteiger partial charge on any atom is 0.259 e. The fourth-order valence-electron chi connectivity index (χ4n) is 3.17. The summed E-state index contributed by atoms with van der Waals surface area (Å²) in [6, 6.07) is 7.23. The van der Waals surface area contributed by atoms with Gasteiger partial charge in [0.15, 0.2) is 10.9 Å². The zero-order valence-electron chi connectivity index (χ0n) is 14.9. The molecule has 2 N–H and O–H groups in total. The van der Waals surface area contributed by atoms with Crippen molar-refractivity contribution < 1.29 is 9.21 Å². The molecule has 0 unspecified atom stereocenters. The molecular formula is C19H21ClN4O2S. The van der Waals surface area contributed by atoms with Crippen LogP contribution in [0.4, 0.5) is 5.13 Å². The highest BCUT2D eigenvalue weighted by Gasteiger charge is 2.19. The van der Waals surface area contributed by atoms with E-state index in [4.69, 9.17) is 4.42 Å². The van der Waals surface area contributed by atoms with Gasteiger partial charge in [-0.2, -0.15) is 0 Å². The number of furan rings is 1. The molecule has 8 heteroatoms. The van der Waals surface area contributed by atoms with E-state index in [2.05, 4.69) is 20.6 Å². The highest BCUT2D eigenvalue weighted by atomic mass is 35.5. The van der Waals surface area contributed by atoms with Crippen molar-refractivity contribution in [1.29, 1.82) is 0 Å². The van der Waals surface area contributed by atoms with Gasteiger partial charge in [0, 0.05) is 11.1 Å². The third-order valence-corrected chi connectivity index (χ3v) is 5.66. The second-order valence-electron chi connectivity index (χ2n) is 6.35. The van der Waals surface area contributed by atoms with E-state index in [0.717, 1.165) is 25.9 Å². The van der Waals surface area contributed by atoms with Crippen molar-refractivity contribution in [3.8, 4) is 11.5 Å². The number of carbonyl (C=O) groups excluding carboxylic acids is 1. The Balaban J connectivity index is 0.00000210.